The molecule has 0 saturated carbocycles. The zero-order chi connectivity index (χ0) is 15.8. The van der Waals surface area contributed by atoms with Crippen LogP contribution in [0, 0.1) is 5.92 Å². The van der Waals surface area contributed by atoms with Crippen molar-refractivity contribution < 1.29 is 14.4 Å². The number of imide groups is 1. The summed E-state index contributed by atoms with van der Waals surface area (Å²) in [4.78, 5) is 39.0. The number of nitrogens with zero attached hydrogens (tertiary/aromatic N) is 2. The minimum absolute atomic E-state index is 0.0497. The maximum Gasteiger partial charge on any atom is 0.325 e. The number of hydrogen-bond acceptors (Lipinski definition) is 4. The Kier molecular flexibility index (Phi) is 4.22. The number of likely N-dealkylation sites (tertiary alicyclic amines) is 1. The first-order valence-electron chi connectivity index (χ1n) is 7.40. The average Bonchev–Trinajstić information content (AvgIpc) is 2.61. The van der Waals surface area contributed by atoms with Crippen molar-refractivity contribution in [3.63, 3.8) is 0 Å². The smallest absolute Gasteiger partial charge is 0.325 e. The summed E-state index contributed by atoms with van der Waals surface area (Å²) >= 11 is 0. The van der Waals surface area contributed by atoms with Gasteiger partial charge in [0.1, 0.15) is 12.1 Å². The fourth-order valence-corrected chi connectivity index (χ4v) is 2.86. The molecular formula is C14H24N4O3. The van der Waals surface area contributed by atoms with Gasteiger partial charge in [0.2, 0.25) is 5.91 Å². The average molecular weight is 296 g/mol. The van der Waals surface area contributed by atoms with Gasteiger partial charge in [-0.2, -0.15) is 0 Å². The third-order valence-electron chi connectivity index (χ3n) is 4.54. The highest BCUT2D eigenvalue weighted by atomic mass is 16.2. The Morgan fingerprint density at radius 3 is 2.67 bits per heavy atom. The van der Waals surface area contributed by atoms with Crippen molar-refractivity contribution in [1.82, 2.24) is 15.1 Å². The molecule has 21 heavy (non-hydrogen) atoms. The van der Waals surface area contributed by atoms with E-state index >= 15 is 0 Å². The lowest BCUT2D eigenvalue weighted by molar-refractivity contribution is -0.135. The molecule has 7 nitrogen and oxygen atoms in total. The quantitative estimate of drug-likeness (QED) is 0.711. The molecule has 0 spiro atoms. The van der Waals surface area contributed by atoms with Gasteiger partial charge in [-0.3, -0.25) is 14.9 Å². The molecule has 0 radical (unpaired) electrons. The highest BCUT2D eigenvalue weighted by Crippen LogP contribution is 2.23. The molecule has 2 rings (SSSR count). The van der Waals surface area contributed by atoms with Crippen LogP contribution >= 0.6 is 0 Å². The molecule has 4 amide bonds. The molecule has 2 heterocycles. The molecule has 0 aromatic carbocycles. The number of nitrogens with two attached hydrogens (primary N) is 1. The second kappa shape index (κ2) is 5.63. The first-order chi connectivity index (χ1) is 9.73. The predicted molar refractivity (Wildman–Crippen MR) is 77.3 cm³/mol. The van der Waals surface area contributed by atoms with Crippen LogP contribution in [0.1, 0.15) is 33.6 Å². The maximum absolute atomic E-state index is 12.4. The minimum Gasteiger partial charge on any atom is -0.341 e. The molecule has 0 aliphatic carbocycles. The Hall–Kier alpha value is -1.63. The van der Waals surface area contributed by atoms with Crippen LogP contribution in [-0.4, -0.2) is 58.9 Å². The molecule has 0 aromatic heterocycles. The van der Waals surface area contributed by atoms with E-state index in [4.69, 9.17) is 5.73 Å². The number of amides is 4. The third-order valence-corrected chi connectivity index (χ3v) is 4.54. The Morgan fingerprint density at radius 1 is 1.48 bits per heavy atom. The zero-order valence-electron chi connectivity index (χ0n) is 12.9. The summed E-state index contributed by atoms with van der Waals surface area (Å²) in [6.45, 7) is 6.47. The van der Waals surface area contributed by atoms with Gasteiger partial charge in [0, 0.05) is 19.1 Å². The van der Waals surface area contributed by atoms with Crippen LogP contribution in [0.4, 0.5) is 4.79 Å². The normalized spacial score (nSPS) is 26.8. The summed E-state index contributed by atoms with van der Waals surface area (Å²) in [6, 6.07) is -0.451. The van der Waals surface area contributed by atoms with Gasteiger partial charge in [-0.1, -0.05) is 0 Å². The van der Waals surface area contributed by atoms with Gasteiger partial charge in [-0.15, -0.1) is 0 Å². The molecule has 2 aliphatic heterocycles. The lowest BCUT2D eigenvalue weighted by Gasteiger charge is -2.36. The van der Waals surface area contributed by atoms with E-state index in [9.17, 15) is 14.4 Å². The standard InChI is InChI=1S/C14H24N4O3/c1-9(15)10-5-4-6-17(7-10)11(19)8-18-13(21)16-12(20)14(18,2)3/h9-10H,4-8,15H2,1-3H3,(H,16,20,21)/t9-,10+/m1/s1. The van der Waals surface area contributed by atoms with Gasteiger partial charge in [0.05, 0.1) is 0 Å². The van der Waals surface area contributed by atoms with E-state index in [1.807, 2.05) is 6.92 Å². The summed E-state index contributed by atoms with van der Waals surface area (Å²) < 4.78 is 0. The second-order valence-electron chi connectivity index (χ2n) is 6.51. The van der Waals surface area contributed by atoms with Crippen molar-refractivity contribution in [2.45, 2.75) is 45.2 Å². The highest BCUT2D eigenvalue weighted by molar-refractivity contribution is 6.07. The van der Waals surface area contributed by atoms with Crippen molar-refractivity contribution >= 4 is 17.8 Å². The van der Waals surface area contributed by atoms with Crippen molar-refractivity contribution in [2.24, 2.45) is 11.7 Å². The van der Waals surface area contributed by atoms with Crippen LogP contribution in [0.25, 0.3) is 0 Å². The van der Waals surface area contributed by atoms with Crippen molar-refractivity contribution in [3.05, 3.63) is 0 Å². The monoisotopic (exact) mass is 296 g/mol. The molecular weight excluding hydrogens is 272 g/mol. The first kappa shape index (κ1) is 15.8. The van der Waals surface area contributed by atoms with Gasteiger partial charge in [-0.25, -0.2) is 4.79 Å². The Morgan fingerprint density at radius 2 is 2.14 bits per heavy atom. The summed E-state index contributed by atoms with van der Waals surface area (Å²) in [5.74, 6) is -0.199. The number of rotatable bonds is 3. The lowest BCUT2D eigenvalue weighted by Crippen LogP contribution is -2.52. The molecule has 7 heteroatoms. The predicted octanol–water partition coefficient (Wildman–Crippen LogP) is -0.0974. The fraction of sp³-hybridized carbons (Fsp3) is 0.786. The molecule has 0 bridgehead atoms. The number of carbonyl (C=O) groups excluding carboxylic acids is 3. The summed E-state index contributed by atoms with van der Waals surface area (Å²) in [5, 5.41) is 2.25. The van der Waals surface area contributed by atoms with Gasteiger partial charge < -0.3 is 15.5 Å². The van der Waals surface area contributed by atoms with E-state index in [-0.39, 0.29) is 24.4 Å². The molecule has 2 saturated heterocycles. The van der Waals surface area contributed by atoms with Crippen molar-refractivity contribution in [3.8, 4) is 0 Å². The summed E-state index contributed by atoms with van der Waals surface area (Å²) in [7, 11) is 0. The SMILES string of the molecule is C[C@@H](N)[C@H]1CCCN(C(=O)CN2C(=O)NC(=O)C2(C)C)C1. The van der Waals surface area contributed by atoms with E-state index in [0.717, 1.165) is 12.8 Å². The van der Waals surface area contributed by atoms with Gasteiger partial charge in [-0.05, 0) is 39.5 Å². The van der Waals surface area contributed by atoms with Gasteiger partial charge >= 0.3 is 6.03 Å². The van der Waals surface area contributed by atoms with E-state index < -0.39 is 11.6 Å². The van der Waals surface area contributed by atoms with E-state index in [0.29, 0.717) is 19.0 Å². The number of nitrogens with one attached hydrogen (secondary N) is 1. The van der Waals surface area contributed by atoms with Gasteiger partial charge in [0.15, 0.2) is 0 Å². The summed E-state index contributed by atoms with van der Waals surface area (Å²) in [6.07, 6.45) is 1.95. The minimum atomic E-state index is -0.983. The van der Waals surface area contributed by atoms with E-state index in [1.54, 1.807) is 18.7 Å². The van der Waals surface area contributed by atoms with Crippen LogP contribution in [0.3, 0.4) is 0 Å². The highest BCUT2D eigenvalue weighted by Gasteiger charge is 2.46. The lowest BCUT2D eigenvalue weighted by atomic mass is 9.92. The zero-order valence-corrected chi connectivity index (χ0v) is 12.9. The largest absolute Gasteiger partial charge is 0.341 e. The molecule has 118 valence electrons. The van der Waals surface area contributed by atoms with Gasteiger partial charge in [0.25, 0.3) is 5.91 Å². The van der Waals surface area contributed by atoms with Crippen LogP contribution in [0.2, 0.25) is 0 Å². The number of carbonyl (C=O) groups is 3. The molecule has 2 fully saturated rings. The Balaban J connectivity index is 2.01. The topological polar surface area (TPSA) is 95.7 Å². The van der Waals surface area contributed by atoms with Crippen LogP contribution in [0.15, 0.2) is 0 Å². The Labute approximate surface area is 124 Å². The second-order valence-corrected chi connectivity index (χ2v) is 6.51. The maximum atomic E-state index is 12.4. The van der Waals surface area contributed by atoms with Crippen LogP contribution in [0.5, 0.6) is 0 Å². The summed E-state index contributed by atoms with van der Waals surface area (Å²) in [5.41, 5.74) is 4.94. The molecule has 2 atom stereocenters. The molecule has 3 N–H and O–H groups in total. The number of piperidine rings is 1. The Bertz CT molecular complexity index is 461. The van der Waals surface area contributed by atoms with Crippen molar-refractivity contribution in [2.75, 3.05) is 19.6 Å². The fourth-order valence-electron chi connectivity index (χ4n) is 2.86. The van der Waals surface area contributed by atoms with Crippen LogP contribution in [-0.2, 0) is 9.59 Å². The number of urea groups is 1. The number of hydrogen-bond donors (Lipinski definition) is 2. The van der Waals surface area contributed by atoms with E-state index in [1.165, 1.54) is 4.90 Å². The molecule has 2 aliphatic rings. The first-order valence-corrected chi connectivity index (χ1v) is 7.40. The van der Waals surface area contributed by atoms with Crippen LogP contribution < -0.4 is 11.1 Å². The van der Waals surface area contributed by atoms with Crippen molar-refractivity contribution in [1.29, 1.82) is 0 Å². The molecule has 0 aromatic rings. The molecule has 0 unspecified atom stereocenters. The van der Waals surface area contributed by atoms with E-state index in [2.05, 4.69) is 5.32 Å². The third kappa shape index (κ3) is 3.02.